The Hall–Kier alpha value is -3.25. The summed E-state index contributed by atoms with van der Waals surface area (Å²) in [6, 6.07) is 8.26. The van der Waals surface area contributed by atoms with Crippen LogP contribution in [0, 0.1) is 0 Å². The SMILES string of the molecule is CC(=O)NC(CCCCNS(=O)(=O)NC(=O)OC(C)(C)C)C(=O)Nc1cccc2cccnc12. The Morgan fingerprint density at radius 2 is 1.79 bits per heavy atom. The third kappa shape index (κ3) is 9.32. The van der Waals surface area contributed by atoms with Crippen molar-refractivity contribution < 1.29 is 27.5 Å². The highest BCUT2D eigenvalue weighted by molar-refractivity contribution is 7.88. The van der Waals surface area contributed by atoms with Gasteiger partial charge in [0, 0.05) is 25.1 Å². The molecule has 0 bridgehead atoms. The number of nitrogens with zero attached hydrogens (tertiary/aromatic N) is 1. The first-order chi connectivity index (χ1) is 15.9. The second kappa shape index (κ2) is 11.7. The number of benzene rings is 1. The van der Waals surface area contributed by atoms with E-state index in [1.807, 2.05) is 12.1 Å². The number of carbonyl (C=O) groups excluding carboxylic acids is 3. The summed E-state index contributed by atoms with van der Waals surface area (Å²) in [5, 5.41) is 6.29. The number of pyridine rings is 1. The zero-order valence-corrected chi connectivity index (χ0v) is 20.5. The summed E-state index contributed by atoms with van der Waals surface area (Å²) in [4.78, 5) is 40.3. The third-order valence-corrected chi connectivity index (χ3v) is 5.43. The lowest BCUT2D eigenvalue weighted by Crippen LogP contribution is -2.43. The van der Waals surface area contributed by atoms with Crippen LogP contribution in [0.5, 0.6) is 0 Å². The first-order valence-corrected chi connectivity index (χ1v) is 12.3. The second-order valence-electron chi connectivity index (χ2n) is 8.62. The van der Waals surface area contributed by atoms with Crippen LogP contribution in [-0.2, 0) is 24.5 Å². The molecule has 1 aromatic heterocycles. The zero-order chi connectivity index (χ0) is 25.4. The van der Waals surface area contributed by atoms with Crippen molar-refractivity contribution >= 4 is 44.7 Å². The van der Waals surface area contributed by atoms with Crippen molar-refractivity contribution in [2.75, 3.05) is 11.9 Å². The number of amides is 3. The topological polar surface area (TPSA) is 156 Å². The standard InChI is InChI=1S/C22H31N5O6S/c1-15(28)25-18(20(29)26-17-12-7-9-16-10-8-13-23-19(16)17)11-5-6-14-24-34(31,32)27-21(30)33-22(2,3)4/h7-10,12-13,18,24H,5-6,11,14H2,1-4H3,(H,25,28)(H,26,29)(H,27,30). The number of unbranched alkanes of at least 4 members (excludes halogenated alkanes) is 1. The van der Waals surface area contributed by atoms with Crippen LogP contribution >= 0.6 is 0 Å². The van der Waals surface area contributed by atoms with Crippen LogP contribution < -0.4 is 20.1 Å². The Bertz CT molecular complexity index is 1120. The summed E-state index contributed by atoms with van der Waals surface area (Å²) >= 11 is 0. The molecule has 1 atom stereocenters. The van der Waals surface area contributed by atoms with E-state index in [4.69, 9.17) is 4.74 Å². The number of nitrogens with one attached hydrogen (secondary N) is 4. The van der Waals surface area contributed by atoms with Crippen LogP contribution in [-0.4, -0.2) is 49.5 Å². The van der Waals surface area contributed by atoms with Crippen molar-refractivity contribution in [3.63, 3.8) is 0 Å². The van der Waals surface area contributed by atoms with Gasteiger partial charge in [0.1, 0.15) is 11.6 Å². The number of hydrogen-bond donors (Lipinski definition) is 4. The van der Waals surface area contributed by atoms with E-state index in [0.29, 0.717) is 24.0 Å². The second-order valence-corrected chi connectivity index (χ2v) is 10.1. The minimum atomic E-state index is -4.08. The summed E-state index contributed by atoms with van der Waals surface area (Å²) in [7, 11) is -4.08. The summed E-state index contributed by atoms with van der Waals surface area (Å²) < 4.78 is 32.8. The van der Waals surface area contributed by atoms with E-state index in [9.17, 15) is 22.8 Å². The quantitative estimate of drug-likeness (QED) is 0.370. The van der Waals surface area contributed by atoms with Crippen molar-refractivity contribution in [3.8, 4) is 0 Å². The lowest BCUT2D eigenvalue weighted by Gasteiger charge is -2.20. The highest BCUT2D eigenvalue weighted by Gasteiger charge is 2.22. The Labute approximate surface area is 199 Å². The van der Waals surface area contributed by atoms with Crippen LogP contribution in [0.25, 0.3) is 10.9 Å². The van der Waals surface area contributed by atoms with Gasteiger partial charge in [0.25, 0.3) is 0 Å². The lowest BCUT2D eigenvalue weighted by atomic mass is 10.1. The first kappa shape index (κ1) is 27.0. The molecule has 0 aliphatic heterocycles. The van der Waals surface area contributed by atoms with E-state index in [0.717, 1.165) is 5.39 Å². The fourth-order valence-corrected chi connectivity index (χ4v) is 3.81. The summed E-state index contributed by atoms with van der Waals surface area (Å²) in [6.45, 7) is 6.19. The minimum Gasteiger partial charge on any atom is -0.443 e. The molecule has 34 heavy (non-hydrogen) atoms. The van der Waals surface area contributed by atoms with Crippen molar-refractivity contribution in [3.05, 3.63) is 36.5 Å². The molecule has 2 aromatic rings. The molecule has 11 nitrogen and oxygen atoms in total. The highest BCUT2D eigenvalue weighted by Crippen LogP contribution is 2.21. The predicted octanol–water partition coefficient (Wildman–Crippen LogP) is 2.21. The molecular weight excluding hydrogens is 462 g/mol. The van der Waals surface area contributed by atoms with Gasteiger partial charge in [-0.3, -0.25) is 14.6 Å². The molecule has 186 valence electrons. The van der Waals surface area contributed by atoms with Gasteiger partial charge in [0.2, 0.25) is 11.8 Å². The van der Waals surface area contributed by atoms with Crippen LogP contribution in [0.1, 0.15) is 47.0 Å². The maximum Gasteiger partial charge on any atom is 0.422 e. The van der Waals surface area contributed by atoms with Gasteiger partial charge in [0.15, 0.2) is 0 Å². The van der Waals surface area contributed by atoms with Crippen molar-refractivity contribution in [1.82, 2.24) is 19.7 Å². The molecule has 0 saturated heterocycles. The van der Waals surface area contributed by atoms with Gasteiger partial charge in [-0.15, -0.1) is 0 Å². The maximum atomic E-state index is 12.8. The van der Waals surface area contributed by atoms with Crippen molar-refractivity contribution in [1.29, 1.82) is 0 Å². The maximum absolute atomic E-state index is 12.8. The Morgan fingerprint density at radius 1 is 1.09 bits per heavy atom. The normalized spacial score (nSPS) is 12.6. The van der Waals surface area contributed by atoms with E-state index in [-0.39, 0.29) is 18.9 Å². The van der Waals surface area contributed by atoms with E-state index in [2.05, 4.69) is 20.3 Å². The predicted molar refractivity (Wildman–Crippen MR) is 128 cm³/mol. The smallest absolute Gasteiger partial charge is 0.422 e. The molecule has 0 saturated carbocycles. The molecule has 1 unspecified atom stereocenters. The molecule has 0 fully saturated rings. The summed E-state index contributed by atoms with van der Waals surface area (Å²) in [6.07, 6.45) is 1.63. The average molecular weight is 494 g/mol. The number of ether oxygens (including phenoxy) is 1. The number of anilines is 1. The van der Waals surface area contributed by atoms with Crippen LogP contribution in [0.3, 0.4) is 0 Å². The van der Waals surface area contributed by atoms with Crippen molar-refractivity contribution in [2.24, 2.45) is 0 Å². The van der Waals surface area contributed by atoms with E-state index in [1.54, 1.807) is 49.9 Å². The average Bonchev–Trinajstić information content (AvgIpc) is 2.70. The molecule has 1 heterocycles. The van der Waals surface area contributed by atoms with Gasteiger partial charge < -0.3 is 15.4 Å². The fourth-order valence-electron chi connectivity index (χ4n) is 3.06. The zero-order valence-electron chi connectivity index (χ0n) is 19.7. The number of para-hydroxylation sites is 1. The summed E-state index contributed by atoms with van der Waals surface area (Å²) in [5.41, 5.74) is 0.326. The van der Waals surface area contributed by atoms with Gasteiger partial charge in [-0.1, -0.05) is 18.2 Å². The molecule has 0 aliphatic rings. The molecule has 4 N–H and O–H groups in total. The van der Waals surface area contributed by atoms with Gasteiger partial charge in [-0.05, 0) is 52.2 Å². The van der Waals surface area contributed by atoms with Gasteiger partial charge >= 0.3 is 16.3 Å². The number of hydrogen-bond acceptors (Lipinski definition) is 7. The van der Waals surface area contributed by atoms with Gasteiger partial charge in [-0.25, -0.2) is 9.52 Å². The molecule has 0 aliphatic carbocycles. The number of aromatic nitrogens is 1. The fraction of sp³-hybridized carbons (Fsp3) is 0.455. The van der Waals surface area contributed by atoms with E-state index >= 15 is 0 Å². The van der Waals surface area contributed by atoms with Crippen molar-refractivity contribution in [2.45, 2.75) is 58.6 Å². The molecule has 0 radical (unpaired) electrons. The van der Waals surface area contributed by atoms with Crippen LogP contribution in [0.4, 0.5) is 10.5 Å². The molecule has 2 rings (SSSR count). The van der Waals surface area contributed by atoms with E-state index < -0.39 is 33.9 Å². The van der Waals surface area contributed by atoms with Gasteiger partial charge in [-0.2, -0.15) is 13.1 Å². The van der Waals surface area contributed by atoms with Crippen LogP contribution in [0.2, 0.25) is 0 Å². The Morgan fingerprint density at radius 3 is 2.47 bits per heavy atom. The minimum absolute atomic E-state index is 0.0276. The summed E-state index contributed by atoms with van der Waals surface area (Å²) in [5.74, 6) is -0.765. The Balaban J connectivity index is 1.87. The number of carbonyl (C=O) groups is 3. The monoisotopic (exact) mass is 493 g/mol. The first-order valence-electron chi connectivity index (χ1n) is 10.8. The lowest BCUT2D eigenvalue weighted by molar-refractivity contribution is -0.125. The third-order valence-electron chi connectivity index (χ3n) is 4.41. The molecule has 12 heteroatoms. The molecular formula is C22H31N5O6S. The largest absolute Gasteiger partial charge is 0.443 e. The number of rotatable bonds is 10. The molecule has 3 amide bonds. The molecule has 0 spiro atoms. The Kier molecular flexibility index (Phi) is 9.33. The van der Waals surface area contributed by atoms with Gasteiger partial charge in [0.05, 0.1) is 11.2 Å². The molecule has 1 aromatic carbocycles. The number of fused-ring (bicyclic) bond motifs is 1. The van der Waals surface area contributed by atoms with E-state index in [1.165, 1.54) is 6.92 Å². The highest BCUT2D eigenvalue weighted by atomic mass is 32.2. The van der Waals surface area contributed by atoms with Crippen LogP contribution in [0.15, 0.2) is 36.5 Å².